The molecule has 1 aliphatic rings. The predicted octanol–water partition coefficient (Wildman–Crippen LogP) is 3.95. The zero-order valence-electron chi connectivity index (χ0n) is 16.4. The molecule has 0 aliphatic carbocycles. The summed E-state index contributed by atoms with van der Waals surface area (Å²) in [7, 11) is -4.01. The molecule has 2 aromatic carbocycles. The van der Waals surface area contributed by atoms with E-state index in [4.69, 9.17) is 0 Å². The molecule has 0 bridgehead atoms. The molecular formula is C21H24N2O5S. The lowest BCUT2D eigenvalue weighted by Gasteiger charge is -2.33. The Kier molecular flexibility index (Phi) is 5.77. The fourth-order valence-electron chi connectivity index (χ4n) is 3.65. The summed E-state index contributed by atoms with van der Waals surface area (Å²) >= 11 is 0. The second kappa shape index (κ2) is 7.96. The monoisotopic (exact) mass is 416 g/mol. The molecule has 0 radical (unpaired) electrons. The van der Waals surface area contributed by atoms with Crippen LogP contribution in [-0.2, 0) is 15.6 Å². The van der Waals surface area contributed by atoms with Gasteiger partial charge in [-0.3, -0.25) is 14.4 Å². The summed E-state index contributed by atoms with van der Waals surface area (Å²) in [6, 6.07) is 13.0. The lowest BCUT2D eigenvalue weighted by Crippen LogP contribution is -2.44. The number of nitrogens with zero attached hydrogens (tertiary/aromatic N) is 2. The predicted molar refractivity (Wildman–Crippen MR) is 110 cm³/mol. The van der Waals surface area contributed by atoms with Crippen LogP contribution in [0.2, 0.25) is 0 Å². The topological polar surface area (TPSA) is 101 Å². The Morgan fingerprint density at radius 1 is 1.14 bits per heavy atom. The highest BCUT2D eigenvalue weighted by atomic mass is 32.2. The molecule has 1 N–H and O–H groups in total. The molecule has 2 aromatic rings. The van der Waals surface area contributed by atoms with Gasteiger partial charge in [0.2, 0.25) is 0 Å². The van der Waals surface area contributed by atoms with Crippen molar-refractivity contribution < 1.29 is 18.4 Å². The van der Waals surface area contributed by atoms with Gasteiger partial charge in [-0.2, -0.15) is 0 Å². The molecule has 0 unspecified atom stereocenters. The molecule has 8 heteroatoms. The standard InChI is InChI=1S/C21H24N2O5S/c1-3-4-10-19-15-21(24,17-8-6-5-7-9-17)16(2)22(19)29(27,28)20-13-11-18(12-14-20)23(25)26/h5-9,11-16,24H,3-4,10H2,1-2H3/t16-,21-/m1/s1. The van der Waals surface area contributed by atoms with E-state index in [0.717, 1.165) is 12.8 Å². The first kappa shape index (κ1) is 21.0. The summed E-state index contributed by atoms with van der Waals surface area (Å²) in [5, 5.41) is 22.3. The molecule has 2 atom stereocenters. The van der Waals surface area contributed by atoms with E-state index in [1.807, 2.05) is 13.0 Å². The van der Waals surface area contributed by atoms with Crippen molar-refractivity contribution in [3.63, 3.8) is 0 Å². The Hall–Kier alpha value is -2.71. The Balaban J connectivity index is 2.06. The first-order valence-corrected chi connectivity index (χ1v) is 10.9. The molecule has 0 saturated carbocycles. The highest BCUT2D eigenvalue weighted by molar-refractivity contribution is 7.89. The van der Waals surface area contributed by atoms with E-state index >= 15 is 0 Å². The number of unbranched alkanes of at least 4 members (excludes halogenated alkanes) is 1. The lowest BCUT2D eigenvalue weighted by atomic mass is 9.89. The van der Waals surface area contributed by atoms with Crippen LogP contribution in [0, 0.1) is 10.1 Å². The van der Waals surface area contributed by atoms with E-state index in [1.54, 1.807) is 37.3 Å². The van der Waals surface area contributed by atoms with Gasteiger partial charge in [0, 0.05) is 17.8 Å². The summed E-state index contributed by atoms with van der Waals surface area (Å²) < 4.78 is 28.1. The first-order chi connectivity index (χ1) is 13.7. The molecule has 29 heavy (non-hydrogen) atoms. The highest BCUT2D eigenvalue weighted by Gasteiger charge is 2.48. The van der Waals surface area contributed by atoms with E-state index in [1.165, 1.54) is 28.6 Å². The first-order valence-electron chi connectivity index (χ1n) is 9.50. The number of non-ortho nitro benzene ring substituents is 1. The normalized spacial score (nSPS) is 21.8. The minimum Gasteiger partial charge on any atom is -0.379 e. The van der Waals surface area contributed by atoms with Gasteiger partial charge in [0.25, 0.3) is 15.7 Å². The number of nitro benzene ring substituents is 1. The summed E-state index contributed by atoms with van der Waals surface area (Å²) in [6.07, 6.45) is 3.78. The second-order valence-electron chi connectivity index (χ2n) is 7.16. The molecule has 3 rings (SSSR count). The average molecular weight is 416 g/mol. The maximum absolute atomic E-state index is 13.4. The van der Waals surface area contributed by atoms with Crippen LogP contribution in [0.3, 0.4) is 0 Å². The molecule has 154 valence electrons. The minimum absolute atomic E-state index is 0.0466. The number of aliphatic hydroxyl groups is 1. The lowest BCUT2D eigenvalue weighted by molar-refractivity contribution is -0.384. The second-order valence-corrected chi connectivity index (χ2v) is 8.97. The molecule has 0 saturated heterocycles. The van der Waals surface area contributed by atoms with Gasteiger partial charge in [0.05, 0.1) is 15.9 Å². The third kappa shape index (κ3) is 3.77. The van der Waals surface area contributed by atoms with Crippen LogP contribution in [0.25, 0.3) is 0 Å². The molecule has 0 aromatic heterocycles. The maximum atomic E-state index is 13.4. The molecule has 1 aliphatic heterocycles. The molecule has 0 amide bonds. The molecule has 1 heterocycles. The Morgan fingerprint density at radius 2 is 1.76 bits per heavy atom. The van der Waals surface area contributed by atoms with Gasteiger partial charge in [-0.1, -0.05) is 43.7 Å². The largest absolute Gasteiger partial charge is 0.379 e. The highest BCUT2D eigenvalue weighted by Crippen LogP contribution is 2.43. The van der Waals surface area contributed by atoms with Gasteiger partial charge >= 0.3 is 0 Å². The van der Waals surface area contributed by atoms with E-state index in [-0.39, 0.29) is 10.6 Å². The van der Waals surface area contributed by atoms with E-state index < -0.39 is 26.6 Å². The third-order valence-corrected chi connectivity index (χ3v) is 7.22. The smallest absolute Gasteiger partial charge is 0.269 e. The van der Waals surface area contributed by atoms with Gasteiger partial charge in [-0.25, -0.2) is 8.42 Å². The van der Waals surface area contributed by atoms with Crippen LogP contribution in [0.5, 0.6) is 0 Å². The Morgan fingerprint density at radius 3 is 2.31 bits per heavy atom. The fraction of sp³-hybridized carbons (Fsp3) is 0.333. The van der Waals surface area contributed by atoms with Crippen LogP contribution in [0.4, 0.5) is 5.69 Å². The van der Waals surface area contributed by atoms with Crippen LogP contribution >= 0.6 is 0 Å². The summed E-state index contributed by atoms with van der Waals surface area (Å²) in [5.41, 5.74) is -0.494. The number of allylic oxidation sites excluding steroid dienone is 1. The summed E-state index contributed by atoms with van der Waals surface area (Å²) in [5.74, 6) is 0. The maximum Gasteiger partial charge on any atom is 0.269 e. The number of rotatable bonds is 7. The van der Waals surface area contributed by atoms with Crippen LogP contribution in [0.15, 0.2) is 71.3 Å². The fourth-order valence-corrected chi connectivity index (χ4v) is 5.39. The zero-order valence-corrected chi connectivity index (χ0v) is 17.2. The van der Waals surface area contributed by atoms with E-state index in [2.05, 4.69) is 0 Å². The summed E-state index contributed by atoms with van der Waals surface area (Å²) in [4.78, 5) is 10.3. The van der Waals surface area contributed by atoms with Gasteiger partial charge in [-0.15, -0.1) is 0 Å². The van der Waals surface area contributed by atoms with Crippen molar-refractivity contribution in [3.8, 4) is 0 Å². The van der Waals surface area contributed by atoms with Crippen LogP contribution in [-0.4, -0.2) is 28.8 Å². The molecule has 7 nitrogen and oxygen atoms in total. The third-order valence-electron chi connectivity index (χ3n) is 5.29. The van der Waals surface area contributed by atoms with Crippen molar-refractivity contribution in [2.45, 2.75) is 49.6 Å². The molecular weight excluding hydrogens is 392 g/mol. The van der Waals surface area contributed by atoms with Crippen molar-refractivity contribution in [2.24, 2.45) is 0 Å². The van der Waals surface area contributed by atoms with Crippen LogP contribution < -0.4 is 0 Å². The number of sulfonamides is 1. The van der Waals surface area contributed by atoms with Crippen molar-refractivity contribution in [3.05, 3.63) is 82.0 Å². The van der Waals surface area contributed by atoms with E-state index in [9.17, 15) is 23.6 Å². The van der Waals surface area contributed by atoms with Gasteiger partial charge in [0.1, 0.15) is 5.60 Å². The van der Waals surface area contributed by atoms with Crippen LogP contribution in [0.1, 0.15) is 38.7 Å². The van der Waals surface area contributed by atoms with Gasteiger partial charge in [-0.05, 0) is 43.5 Å². The van der Waals surface area contributed by atoms with Crippen molar-refractivity contribution in [1.82, 2.24) is 4.31 Å². The van der Waals surface area contributed by atoms with Gasteiger partial charge < -0.3 is 5.11 Å². The van der Waals surface area contributed by atoms with Crippen molar-refractivity contribution >= 4 is 15.7 Å². The van der Waals surface area contributed by atoms with Crippen molar-refractivity contribution in [1.29, 1.82) is 0 Å². The minimum atomic E-state index is -4.01. The molecule has 0 spiro atoms. The zero-order chi connectivity index (χ0) is 21.2. The number of nitro groups is 1. The SMILES string of the molecule is CCCCC1=C[C@](O)(c2ccccc2)[C@@H](C)N1S(=O)(=O)c1ccc([N+](=O)[O-])cc1. The Bertz CT molecular complexity index is 1020. The molecule has 0 fully saturated rings. The summed E-state index contributed by atoms with van der Waals surface area (Å²) in [6.45, 7) is 3.68. The number of benzene rings is 2. The number of hydrogen-bond donors (Lipinski definition) is 1. The Labute approximate surface area is 170 Å². The average Bonchev–Trinajstić information content (AvgIpc) is 2.99. The number of hydrogen-bond acceptors (Lipinski definition) is 5. The van der Waals surface area contributed by atoms with Gasteiger partial charge in [0.15, 0.2) is 0 Å². The quantitative estimate of drug-likeness (QED) is 0.544. The van der Waals surface area contributed by atoms with Crippen molar-refractivity contribution in [2.75, 3.05) is 0 Å². The van der Waals surface area contributed by atoms with E-state index in [0.29, 0.717) is 17.7 Å².